The molecular formula is C10H15NOS. The van der Waals surface area contributed by atoms with E-state index in [2.05, 4.69) is 22.8 Å². The van der Waals surface area contributed by atoms with E-state index in [9.17, 15) is 4.79 Å². The number of carbonyl (C=O) groups is 1. The van der Waals surface area contributed by atoms with Gasteiger partial charge in [-0.3, -0.25) is 4.79 Å². The molecular weight excluding hydrogens is 182 g/mol. The van der Waals surface area contributed by atoms with Gasteiger partial charge in [0.25, 0.3) is 0 Å². The van der Waals surface area contributed by atoms with Gasteiger partial charge in [0.2, 0.25) is 0 Å². The van der Waals surface area contributed by atoms with E-state index in [-0.39, 0.29) is 5.78 Å². The molecule has 0 saturated carbocycles. The first-order valence-electron chi connectivity index (χ1n) is 4.51. The van der Waals surface area contributed by atoms with Gasteiger partial charge in [-0.2, -0.15) is 0 Å². The normalized spacial score (nSPS) is 10.2. The lowest BCUT2D eigenvalue weighted by atomic mass is 10.3. The number of hydrogen-bond donors (Lipinski definition) is 1. The second kappa shape index (κ2) is 5.89. The van der Waals surface area contributed by atoms with Gasteiger partial charge in [-0.25, -0.2) is 0 Å². The van der Waals surface area contributed by atoms with Gasteiger partial charge in [0, 0.05) is 17.8 Å². The van der Waals surface area contributed by atoms with Crippen molar-refractivity contribution in [3.63, 3.8) is 0 Å². The predicted octanol–water partition coefficient (Wildman–Crippen LogP) is 1.86. The summed E-state index contributed by atoms with van der Waals surface area (Å²) in [5, 5.41) is 5.33. The molecule has 0 aromatic carbocycles. The van der Waals surface area contributed by atoms with Crippen LogP contribution in [0.25, 0.3) is 0 Å². The molecule has 0 amide bonds. The average molecular weight is 197 g/mol. The van der Waals surface area contributed by atoms with E-state index < -0.39 is 0 Å². The highest BCUT2D eigenvalue weighted by molar-refractivity contribution is 7.09. The molecule has 1 N–H and O–H groups in total. The minimum Gasteiger partial charge on any atom is -0.316 e. The molecule has 0 atom stereocenters. The number of ketones is 1. The van der Waals surface area contributed by atoms with Gasteiger partial charge in [0.1, 0.15) is 5.78 Å². The molecule has 3 heteroatoms. The van der Waals surface area contributed by atoms with Crippen LogP contribution in [0.1, 0.15) is 18.2 Å². The molecule has 0 spiro atoms. The maximum Gasteiger partial charge on any atom is 0.131 e. The van der Waals surface area contributed by atoms with Crippen molar-refractivity contribution in [1.82, 2.24) is 5.32 Å². The van der Waals surface area contributed by atoms with Gasteiger partial charge in [-0.05, 0) is 31.3 Å². The summed E-state index contributed by atoms with van der Waals surface area (Å²) < 4.78 is 0. The summed E-state index contributed by atoms with van der Waals surface area (Å²) in [7, 11) is 0. The van der Waals surface area contributed by atoms with Crippen LogP contribution in [0.3, 0.4) is 0 Å². The summed E-state index contributed by atoms with van der Waals surface area (Å²) in [6.45, 7) is 3.40. The SMILES string of the molecule is CC(=O)CCNCCc1cccs1. The molecule has 0 saturated heterocycles. The fraction of sp³-hybridized carbons (Fsp3) is 0.500. The lowest BCUT2D eigenvalue weighted by Crippen LogP contribution is -2.19. The Balaban J connectivity index is 1.99. The number of carbonyl (C=O) groups excluding carboxylic acids is 1. The van der Waals surface area contributed by atoms with Gasteiger partial charge >= 0.3 is 0 Å². The second-order valence-electron chi connectivity index (χ2n) is 3.03. The van der Waals surface area contributed by atoms with E-state index in [4.69, 9.17) is 0 Å². The van der Waals surface area contributed by atoms with Crippen molar-refractivity contribution in [1.29, 1.82) is 0 Å². The van der Waals surface area contributed by atoms with Crippen LogP contribution in [0, 0.1) is 0 Å². The summed E-state index contributed by atoms with van der Waals surface area (Å²) in [5.41, 5.74) is 0. The summed E-state index contributed by atoms with van der Waals surface area (Å²) in [4.78, 5) is 12.0. The van der Waals surface area contributed by atoms with E-state index >= 15 is 0 Å². The van der Waals surface area contributed by atoms with E-state index in [0.717, 1.165) is 19.5 Å². The molecule has 2 nitrogen and oxygen atoms in total. The molecule has 1 heterocycles. The molecule has 0 aliphatic heterocycles. The maximum absolute atomic E-state index is 10.6. The van der Waals surface area contributed by atoms with Crippen LogP contribution in [0.4, 0.5) is 0 Å². The van der Waals surface area contributed by atoms with E-state index in [1.807, 2.05) is 0 Å². The maximum atomic E-state index is 10.6. The topological polar surface area (TPSA) is 29.1 Å². The lowest BCUT2D eigenvalue weighted by molar-refractivity contribution is -0.116. The van der Waals surface area contributed by atoms with E-state index in [1.54, 1.807) is 18.3 Å². The highest BCUT2D eigenvalue weighted by atomic mass is 32.1. The Kier molecular flexibility index (Phi) is 4.72. The zero-order valence-electron chi connectivity index (χ0n) is 7.88. The Morgan fingerprint density at radius 1 is 1.54 bits per heavy atom. The monoisotopic (exact) mass is 197 g/mol. The first kappa shape index (κ1) is 10.4. The molecule has 0 bridgehead atoms. The van der Waals surface area contributed by atoms with Gasteiger partial charge in [0.05, 0.1) is 0 Å². The summed E-state index contributed by atoms with van der Waals surface area (Å²) in [6, 6.07) is 4.20. The standard InChI is InChI=1S/C10H15NOS/c1-9(12)4-6-11-7-5-10-3-2-8-13-10/h2-3,8,11H,4-7H2,1H3. The second-order valence-corrected chi connectivity index (χ2v) is 4.06. The Labute approximate surface area is 83.0 Å². The number of thiophene rings is 1. The highest BCUT2D eigenvalue weighted by Crippen LogP contribution is 2.07. The summed E-state index contributed by atoms with van der Waals surface area (Å²) in [6.07, 6.45) is 1.71. The van der Waals surface area contributed by atoms with Crippen molar-refractivity contribution in [2.45, 2.75) is 19.8 Å². The molecule has 0 fully saturated rings. The highest BCUT2D eigenvalue weighted by Gasteiger charge is 1.94. The van der Waals surface area contributed by atoms with Gasteiger partial charge in [0.15, 0.2) is 0 Å². The third kappa shape index (κ3) is 4.80. The molecule has 13 heavy (non-hydrogen) atoms. The van der Waals surface area contributed by atoms with Crippen LogP contribution >= 0.6 is 11.3 Å². The zero-order chi connectivity index (χ0) is 9.52. The van der Waals surface area contributed by atoms with Crippen molar-refractivity contribution in [2.75, 3.05) is 13.1 Å². The lowest BCUT2D eigenvalue weighted by Gasteiger charge is -2.00. The number of Topliss-reactive ketones (excluding diaryl/α,β-unsaturated/α-hetero) is 1. The van der Waals surface area contributed by atoms with Crippen LogP contribution in [-0.2, 0) is 11.2 Å². The van der Waals surface area contributed by atoms with Gasteiger partial charge in [-0.1, -0.05) is 6.07 Å². The Bertz CT molecular complexity index is 243. The van der Waals surface area contributed by atoms with Crippen molar-refractivity contribution in [3.05, 3.63) is 22.4 Å². The summed E-state index contributed by atoms with van der Waals surface area (Å²) >= 11 is 1.78. The minimum atomic E-state index is 0.253. The van der Waals surface area contributed by atoms with Crippen molar-refractivity contribution in [2.24, 2.45) is 0 Å². The third-order valence-electron chi connectivity index (χ3n) is 1.78. The number of nitrogens with one attached hydrogen (secondary N) is 1. The Morgan fingerprint density at radius 3 is 3.00 bits per heavy atom. The first-order chi connectivity index (χ1) is 6.29. The quantitative estimate of drug-likeness (QED) is 0.705. The smallest absolute Gasteiger partial charge is 0.131 e. The van der Waals surface area contributed by atoms with Crippen molar-refractivity contribution < 1.29 is 4.79 Å². The molecule has 1 aromatic rings. The van der Waals surface area contributed by atoms with Gasteiger partial charge in [-0.15, -0.1) is 11.3 Å². The molecule has 1 aromatic heterocycles. The third-order valence-corrected chi connectivity index (χ3v) is 2.72. The number of hydrogen-bond acceptors (Lipinski definition) is 3. The number of rotatable bonds is 6. The fourth-order valence-corrected chi connectivity index (χ4v) is 1.76. The van der Waals surface area contributed by atoms with Crippen molar-refractivity contribution >= 4 is 17.1 Å². The predicted molar refractivity (Wildman–Crippen MR) is 56.2 cm³/mol. The Hall–Kier alpha value is -0.670. The Morgan fingerprint density at radius 2 is 2.38 bits per heavy atom. The molecule has 0 radical (unpaired) electrons. The molecule has 72 valence electrons. The van der Waals surface area contributed by atoms with Crippen LogP contribution in [0.2, 0.25) is 0 Å². The molecule has 0 aliphatic carbocycles. The zero-order valence-corrected chi connectivity index (χ0v) is 8.69. The van der Waals surface area contributed by atoms with E-state index in [0.29, 0.717) is 6.42 Å². The molecule has 0 unspecified atom stereocenters. The van der Waals surface area contributed by atoms with Gasteiger partial charge < -0.3 is 5.32 Å². The average Bonchev–Trinajstić information content (AvgIpc) is 2.55. The largest absolute Gasteiger partial charge is 0.316 e. The van der Waals surface area contributed by atoms with Crippen molar-refractivity contribution in [3.8, 4) is 0 Å². The molecule has 0 aliphatic rings. The minimum absolute atomic E-state index is 0.253. The van der Waals surface area contributed by atoms with Crippen LogP contribution < -0.4 is 5.32 Å². The fourth-order valence-electron chi connectivity index (χ4n) is 1.06. The van der Waals surface area contributed by atoms with Crippen LogP contribution in [0.5, 0.6) is 0 Å². The molecule has 1 rings (SSSR count). The van der Waals surface area contributed by atoms with Crippen LogP contribution in [-0.4, -0.2) is 18.9 Å². The van der Waals surface area contributed by atoms with E-state index in [1.165, 1.54) is 4.88 Å². The first-order valence-corrected chi connectivity index (χ1v) is 5.39. The summed E-state index contributed by atoms with van der Waals surface area (Å²) in [5.74, 6) is 0.253. The van der Waals surface area contributed by atoms with Crippen LogP contribution in [0.15, 0.2) is 17.5 Å².